The number of aromatic carboxylic acids is 1. The van der Waals surface area contributed by atoms with Gasteiger partial charge < -0.3 is 34.7 Å². The summed E-state index contributed by atoms with van der Waals surface area (Å²) in [5.41, 5.74) is -1.04. The van der Waals surface area contributed by atoms with Crippen LogP contribution in [0.1, 0.15) is 45.1 Å². The first-order valence-corrected chi connectivity index (χ1v) is 16.4. The van der Waals surface area contributed by atoms with Crippen molar-refractivity contribution in [3.05, 3.63) is 99.0 Å². The number of nitrogens with one attached hydrogen (secondary N) is 3. The van der Waals surface area contributed by atoms with Gasteiger partial charge in [-0.05, 0) is 63.1 Å². The van der Waals surface area contributed by atoms with Crippen molar-refractivity contribution in [3.63, 3.8) is 0 Å². The van der Waals surface area contributed by atoms with Crippen molar-refractivity contribution in [2.45, 2.75) is 40.2 Å². The first-order chi connectivity index (χ1) is 25.8. The summed E-state index contributed by atoms with van der Waals surface area (Å²) >= 11 is 4.86. The number of carbonyl (C=O) groups excluding carboxylic acids is 2. The molecule has 0 atom stereocenters. The van der Waals surface area contributed by atoms with E-state index in [0.29, 0.717) is 29.6 Å². The lowest BCUT2D eigenvalue weighted by atomic mass is 10.2. The van der Waals surface area contributed by atoms with E-state index < -0.39 is 32.9 Å². The first kappa shape index (κ1) is 44.4. The van der Waals surface area contributed by atoms with Crippen molar-refractivity contribution in [2.75, 3.05) is 36.7 Å². The fourth-order valence-electron chi connectivity index (χ4n) is 3.92. The average molecular weight is 786 g/mol. The highest BCUT2D eigenvalue weighted by Crippen LogP contribution is 2.33. The number of halogens is 1. The van der Waals surface area contributed by atoms with Crippen LogP contribution in [0.5, 0.6) is 23.0 Å². The predicted molar refractivity (Wildman–Crippen MR) is 203 cm³/mol. The SMILES string of the molecule is CC(C)COC(=O)Cl.CNc1ccc(Oc2ccnc(C(=O)O)c2)cc1[N+](=O)[O-].CNc1ccc(Oc2ccnc(NC(=O)OC(C)(C)C)c2)cc1[N+](=O)[O-]. The Hall–Kier alpha value is -6.76. The van der Waals surface area contributed by atoms with Crippen LogP contribution in [0.3, 0.4) is 0 Å². The highest BCUT2D eigenvalue weighted by molar-refractivity contribution is 6.61. The van der Waals surface area contributed by atoms with Gasteiger partial charge in [0.15, 0.2) is 5.69 Å². The normalized spacial score (nSPS) is 10.3. The highest BCUT2D eigenvalue weighted by Gasteiger charge is 2.18. The number of carboxylic acids is 1. The van der Waals surface area contributed by atoms with Crippen molar-refractivity contribution in [1.29, 1.82) is 0 Å². The fourth-order valence-corrected chi connectivity index (χ4v) is 3.98. The van der Waals surface area contributed by atoms with Gasteiger partial charge in [-0.25, -0.2) is 24.4 Å². The molecule has 0 radical (unpaired) electrons. The third-order valence-electron chi connectivity index (χ3n) is 6.18. The Bertz CT molecular complexity index is 1970. The van der Waals surface area contributed by atoms with E-state index in [1.165, 1.54) is 48.8 Å². The van der Waals surface area contributed by atoms with Crippen LogP contribution in [0.25, 0.3) is 0 Å². The van der Waals surface area contributed by atoms with Crippen LogP contribution in [-0.4, -0.2) is 68.7 Å². The second kappa shape index (κ2) is 21.1. The van der Waals surface area contributed by atoms with Crippen molar-refractivity contribution in [1.82, 2.24) is 9.97 Å². The minimum Gasteiger partial charge on any atom is -0.477 e. The number of benzene rings is 2. The third-order valence-corrected chi connectivity index (χ3v) is 6.29. The molecule has 0 aliphatic heterocycles. The molecular weight excluding hydrogens is 746 g/mol. The van der Waals surface area contributed by atoms with Crippen molar-refractivity contribution < 1.29 is 48.3 Å². The number of carbonyl (C=O) groups is 3. The summed E-state index contributed by atoms with van der Waals surface area (Å²) in [6, 6.07) is 14.5. The molecule has 0 saturated heterocycles. The molecule has 2 aromatic carbocycles. The number of carboxylic acid groups (broad SMARTS) is 1. The molecule has 1 amide bonds. The van der Waals surface area contributed by atoms with Crippen LogP contribution in [-0.2, 0) is 9.47 Å². The quantitative estimate of drug-likeness (QED) is 0.0594. The zero-order valence-corrected chi connectivity index (χ0v) is 31.6. The standard InChI is InChI=1S/C17H20N4O5.C13H11N3O5.C5H9ClO2/c1-17(2,3)26-16(22)20-15-10-12(7-8-19-15)25-11-5-6-13(18-4)14(9-11)21(23)24;1-14-10-3-2-8(7-12(10)16(19)20)21-9-4-5-15-11(6-9)13(17)18;1-4(2)3-8-5(6)7/h5-10,18H,1-4H3,(H,19,20,22);2-7,14H,1H3,(H,17,18);4H,3H2,1-2H3. The Kier molecular flexibility index (Phi) is 17.0. The summed E-state index contributed by atoms with van der Waals surface area (Å²) in [5, 5.41) is 38.9. The molecule has 2 aromatic heterocycles. The minimum atomic E-state index is -1.18. The van der Waals surface area contributed by atoms with E-state index in [9.17, 15) is 34.6 Å². The van der Waals surface area contributed by atoms with E-state index in [1.807, 2.05) is 13.8 Å². The molecule has 20 heteroatoms. The topological polar surface area (TPSA) is 257 Å². The van der Waals surface area contributed by atoms with Crippen LogP contribution in [0, 0.1) is 26.1 Å². The number of nitrogens with zero attached hydrogens (tertiary/aromatic N) is 4. The van der Waals surface area contributed by atoms with Gasteiger partial charge in [0.1, 0.15) is 45.8 Å². The van der Waals surface area contributed by atoms with Gasteiger partial charge in [0.25, 0.3) is 11.4 Å². The summed E-state index contributed by atoms with van der Waals surface area (Å²) in [7, 11) is 3.17. The summed E-state index contributed by atoms with van der Waals surface area (Å²) < 4.78 is 20.6. The molecule has 0 spiro atoms. The maximum absolute atomic E-state index is 11.8. The van der Waals surface area contributed by atoms with Crippen molar-refractivity contribution in [2.24, 2.45) is 5.92 Å². The maximum atomic E-state index is 11.8. The van der Waals surface area contributed by atoms with Crippen LogP contribution >= 0.6 is 11.6 Å². The summed E-state index contributed by atoms with van der Waals surface area (Å²) in [4.78, 5) is 61.2. The van der Waals surface area contributed by atoms with Gasteiger partial charge in [-0.1, -0.05) is 13.8 Å². The lowest BCUT2D eigenvalue weighted by molar-refractivity contribution is -0.384. The van der Waals surface area contributed by atoms with E-state index in [-0.39, 0.29) is 40.1 Å². The molecule has 4 rings (SSSR count). The summed E-state index contributed by atoms with van der Waals surface area (Å²) in [5.74, 6) is 0.507. The Balaban J connectivity index is 0.000000322. The first-order valence-electron chi connectivity index (χ1n) is 16.1. The highest BCUT2D eigenvalue weighted by atomic mass is 35.5. The Labute approximate surface area is 320 Å². The number of nitro benzene ring substituents is 2. The molecule has 0 unspecified atom stereocenters. The van der Waals surface area contributed by atoms with E-state index >= 15 is 0 Å². The Morgan fingerprint density at radius 3 is 1.67 bits per heavy atom. The van der Waals surface area contributed by atoms with Gasteiger partial charge in [-0.2, -0.15) is 0 Å². The third kappa shape index (κ3) is 16.2. The molecule has 0 saturated carbocycles. The lowest BCUT2D eigenvalue weighted by Gasteiger charge is -2.19. The number of anilines is 3. The average Bonchev–Trinajstić information content (AvgIpc) is 3.10. The molecule has 0 fully saturated rings. The fraction of sp³-hybridized carbons (Fsp3) is 0.286. The molecule has 0 aliphatic carbocycles. The van der Waals surface area contributed by atoms with Crippen LogP contribution < -0.4 is 25.4 Å². The number of pyridine rings is 2. The van der Waals surface area contributed by atoms with E-state index in [0.717, 1.165) is 0 Å². The molecule has 0 bridgehead atoms. The minimum absolute atomic E-state index is 0.105. The maximum Gasteiger partial charge on any atom is 0.413 e. The number of hydrogen-bond acceptors (Lipinski definition) is 15. The lowest BCUT2D eigenvalue weighted by Crippen LogP contribution is -2.27. The molecule has 19 nitrogen and oxygen atoms in total. The Morgan fingerprint density at radius 1 is 0.800 bits per heavy atom. The number of nitro groups is 2. The largest absolute Gasteiger partial charge is 0.477 e. The van der Waals surface area contributed by atoms with Gasteiger partial charge in [0.2, 0.25) is 0 Å². The number of rotatable bonds is 12. The molecule has 294 valence electrons. The molecule has 4 N–H and O–H groups in total. The van der Waals surface area contributed by atoms with E-state index in [2.05, 4.69) is 30.7 Å². The molecule has 0 aliphatic rings. The number of amides is 1. The monoisotopic (exact) mass is 785 g/mol. The Morgan fingerprint density at radius 2 is 1.27 bits per heavy atom. The molecule has 55 heavy (non-hydrogen) atoms. The van der Waals surface area contributed by atoms with Gasteiger partial charge in [-0.15, -0.1) is 0 Å². The van der Waals surface area contributed by atoms with Gasteiger partial charge in [0.05, 0.1) is 28.6 Å². The second-order valence-electron chi connectivity index (χ2n) is 12.2. The molecular formula is C35H40ClN7O12. The molecule has 2 heterocycles. The van der Waals surface area contributed by atoms with Gasteiger partial charge in [-0.3, -0.25) is 25.5 Å². The second-order valence-corrected chi connectivity index (χ2v) is 12.5. The van der Waals surface area contributed by atoms with E-state index in [1.54, 1.807) is 59.1 Å². The van der Waals surface area contributed by atoms with Crippen LogP contribution in [0.15, 0.2) is 73.1 Å². The number of ether oxygens (including phenoxy) is 4. The molecule has 4 aromatic rings. The van der Waals surface area contributed by atoms with Gasteiger partial charge in [0, 0.05) is 50.2 Å². The number of aromatic nitrogens is 2. The summed E-state index contributed by atoms with van der Waals surface area (Å²) in [6.45, 7) is 9.55. The number of hydrogen-bond donors (Lipinski definition) is 4. The van der Waals surface area contributed by atoms with E-state index in [4.69, 9.17) is 30.9 Å². The van der Waals surface area contributed by atoms with Gasteiger partial charge >= 0.3 is 17.5 Å². The van der Waals surface area contributed by atoms with Crippen LogP contribution in [0.4, 0.5) is 38.2 Å². The van der Waals surface area contributed by atoms with Crippen molar-refractivity contribution in [3.8, 4) is 23.0 Å². The zero-order valence-electron chi connectivity index (χ0n) is 30.8. The smallest absolute Gasteiger partial charge is 0.413 e. The predicted octanol–water partition coefficient (Wildman–Crippen LogP) is 8.71. The summed E-state index contributed by atoms with van der Waals surface area (Å²) in [6.07, 6.45) is 2.09. The van der Waals surface area contributed by atoms with Crippen LogP contribution in [0.2, 0.25) is 0 Å². The van der Waals surface area contributed by atoms with Crippen molar-refractivity contribution >= 4 is 57.7 Å². The zero-order chi connectivity index (χ0) is 41.3.